The maximum atomic E-state index is 12.4. The lowest BCUT2D eigenvalue weighted by Gasteiger charge is -2.14. The van der Waals surface area contributed by atoms with Gasteiger partial charge in [0.1, 0.15) is 0 Å². The van der Waals surface area contributed by atoms with Gasteiger partial charge in [-0.1, -0.05) is 43.3 Å². The van der Waals surface area contributed by atoms with Crippen molar-refractivity contribution in [1.82, 2.24) is 4.90 Å². The first kappa shape index (κ1) is 20.5. The average Bonchev–Trinajstić information content (AvgIpc) is 2.98. The van der Waals surface area contributed by atoms with Gasteiger partial charge in [-0.2, -0.15) is 0 Å². The number of Topliss-reactive ketones (excluding diaryl/α,β-unsaturated/α-hetero) is 1. The Bertz CT molecular complexity index is 913. The molecule has 1 aliphatic rings. The molecule has 2 amide bonds. The monoisotopic (exact) mass is 393 g/mol. The van der Waals surface area contributed by atoms with Crippen LogP contribution in [0, 0.1) is 5.92 Å². The van der Waals surface area contributed by atoms with E-state index >= 15 is 0 Å². The minimum absolute atomic E-state index is 0.0529. The van der Waals surface area contributed by atoms with Crippen LogP contribution in [0.1, 0.15) is 56.4 Å². The highest BCUT2D eigenvalue weighted by atomic mass is 16.5. The largest absolute Gasteiger partial charge is 0.469 e. The maximum absolute atomic E-state index is 12.4. The molecule has 0 aromatic heterocycles. The van der Waals surface area contributed by atoms with E-state index in [1.807, 2.05) is 12.1 Å². The van der Waals surface area contributed by atoms with E-state index < -0.39 is 11.9 Å². The Morgan fingerprint density at radius 3 is 2.10 bits per heavy atom. The van der Waals surface area contributed by atoms with Crippen molar-refractivity contribution >= 4 is 23.6 Å². The molecule has 0 N–H and O–H groups in total. The molecule has 1 aliphatic heterocycles. The Kier molecular flexibility index (Phi) is 6.22. The van der Waals surface area contributed by atoms with E-state index in [0.717, 1.165) is 5.56 Å². The molecular weight excluding hydrogens is 370 g/mol. The van der Waals surface area contributed by atoms with E-state index in [-0.39, 0.29) is 24.0 Å². The van der Waals surface area contributed by atoms with Gasteiger partial charge in [0.2, 0.25) is 0 Å². The summed E-state index contributed by atoms with van der Waals surface area (Å²) in [6, 6.07) is 14.1. The fraction of sp³-hybridized carbons (Fsp3) is 0.304. The van der Waals surface area contributed by atoms with E-state index in [2.05, 4.69) is 4.74 Å². The molecule has 0 radical (unpaired) electrons. The molecule has 2 aromatic rings. The van der Waals surface area contributed by atoms with Gasteiger partial charge >= 0.3 is 5.97 Å². The van der Waals surface area contributed by atoms with Gasteiger partial charge in [-0.05, 0) is 30.5 Å². The highest BCUT2D eigenvalue weighted by Crippen LogP contribution is 2.23. The third kappa shape index (κ3) is 4.42. The van der Waals surface area contributed by atoms with Gasteiger partial charge in [0.05, 0.1) is 24.7 Å². The minimum Gasteiger partial charge on any atom is -0.469 e. The summed E-state index contributed by atoms with van der Waals surface area (Å²) in [5, 5.41) is 0. The SMILES string of the molecule is COC(=O)CC(C)C(=O)c1ccc(CCCN2C(=O)c3ccccc3C2=O)cc1. The van der Waals surface area contributed by atoms with Gasteiger partial charge < -0.3 is 4.74 Å². The number of methoxy groups -OCH3 is 1. The molecule has 6 nitrogen and oxygen atoms in total. The van der Waals surface area contributed by atoms with Gasteiger partial charge in [-0.25, -0.2) is 0 Å². The van der Waals surface area contributed by atoms with Crippen molar-refractivity contribution in [3.8, 4) is 0 Å². The molecule has 29 heavy (non-hydrogen) atoms. The molecule has 1 unspecified atom stereocenters. The Labute approximate surface area is 169 Å². The van der Waals surface area contributed by atoms with E-state index in [1.54, 1.807) is 43.3 Å². The molecule has 150 valence electrons. The van der Waals surface area contributed by atoms with E-state index in [0.29, 0.717) is 36.1 Å². The third-order valence-electron chi connectivity index (χ3n) is 5.11. The number of carbonyl (C=O) groups is 4. The highest BCUT2D eigenvalue weighted by molar-refractivity contribution is 6.21. The zero-order valence-electron chi connectivity index (χ0n) is 16.5. The molecular formula is C23H23NO5. The van der Waals surface area contributed by atoms with Crippen molar-refractivity contribution in [2.45, 2.75) is 26.2 Å². The van der Waals surface area contributed by atoms with Gasteiger partial charge in [0.25, 0.3) is 11.8 Å². The number of ketones is 1. The van der Waals surface area contributed by atoms with E-state index in [4.69, 9.17) is 0 Å². The quantitative estimate of drug-likeness (QED) is 0.391. The zero-order chi connectivity index (χ0) is 21.0. The molecule has 2 aromatic carbocycles. The fourth-order valence-electron chi connectivity index (χ4n) is 3.43. The Hall–Kier alpha value is -3.28. The van der Waals surface area contributed by atoms with Crippen LogP contribution >= 0.6 is 0 Å². The summed E-state index contributed by atoms with van der Waals surface area (Å²) in [6.07, 6.45) is 1.37. The molecule has 0 saturated heterocycles. The molecule has 0 fully saturated rings. The first-order valence-electron chi connectivity index (χ1n) is 9.57. The summed E-state index contributed by atoms with van der Waals surface area (Å²) in [6.45, 7) is 2.05. The van der Waals surface area contributed by atoms with Crippen LogP contribution in [0.4, 0.5) is 0 Å². The Morgan fingerprint density at radius 2 is 1.55 bits per heavy atom. The van der Waals surface area contributed by atoms with Crippen molar-refractivity contribution in [2.24, 2.45) is 5.92 Å². The fourth-order valence-corrected chi connectivity index (χ4v) is 3.43. The first-order chi connectivity index (χ1) is 13.9. The number of carbonyl (C=O) groups excluding carboxylic acids is 4. The number of fused-ring (bicyclic) bond motifs is 1. The molecule has 1 heterocycles. The van der Waals surface area contributed by atoms with Crippen LogP contribution in [0.3, 0.4) is 0 Å². The summed E-state index contributed by atoms with van der Waals surface area (Å²) < 4.78 is 4.61. The minimum atomic E-state index is -0.442. The first-order valence-corrected chi connectivity index (χ1v) is 9.57. The smallest absolute Gasteiger partial charge is 0.306 e. The lowest BCUT2D eigenvalue weighted by molar-refractivity contribution is -0.141. The lowest BCUT2D eigenvalue weighted by atomic mass is 9.95. The number of benzene rings is 2. The summed E-state index contributed by atoms with van der Waals surface area (Å²) in [7, 11) is 1.30. The van der Waals surface area contributed by atoms with Gasteiger partial charge in [-0.3, -0.25) is 24.1 Å². The number of rotatable bonds is 8. The van der Waals surface area contributed by atoms with Crippen LogP contribution in [-0.2, 0) is 16.0 Å². The van der Waals surface area contributed by atoms with Crippen LogP contribution in [0.2, 0.25) is 0 Å². The van der Waals surface area contributed by atoms with Crippen LogP contribution in [0.5, 0.6) is 0 Å². The number of nitrogens with zero attached hydrogens (tertiary/aromatic N) is 1. The molecule has 3 rings (SSSR count). The van der Waals surface area contributed by atoms with Crippen molar-refractivity contribution < 1.29 is 23.9 Å². The second kappa shape index (κ2) is 8.82. The Morgan fingerprint density at radius 1 is 0.966 bits per heavy atom. The number of esters is 1. The molecule has 0 aliphatic carbocycles. The standard InChI is InChI=1S/C23H23NO5/c1-15(14-20(25)29-2)21(26)17-11-9-16(10-12-17)6-5-13-24-22(27)18-7-3-4-8-19(18)23(24)28/h3-4,7-12,15H,5-6,13-14H2,1-2H3. The van der Waals surface area contributed by atoms with Gasteiger partial charge in [0, 0.05) is 18.0 Å². The molecule has 6 heteroatoms. The zero-order valence-corrected chi connectivity index (χ0v) is 16.5. The third-order valence-corrected chi connectivity index (χ3v) is 5.11. The van der Waals surface area contributed by atoms with Crippen molar-refractivity contribution in [3.63, 3.8) is 0 Å². The summed E-state index contributed by atoms with van der Waals surface area (Å²) in [5.74, 6) is -1.44. The highest BCUT2D eigenvalue weighted by Gasteiger charge is 2.34. The summed E-state index contributed by atoms with van der Waals surface area (Å²) in [5.41, 5.74) is 2.48. The van der Waals surface area contributed by atoms with Gasteiger partial charge in [0.15, 0.2) is 5.78 Å². The van der Waals surface area contributed by atoms with Crippen molar-refractivity contribution in [3.05, 3.63) is 70.8 Å². The molecule has 0 saturated carbocycles. The van der Waals surface area contributed by atoms with Crippen LogP contribution < -0.4 is 0 Å². The summed E-state index contributed by atoms with van der Waals surface area (Å²) >= 11 is 0. The molecule has 1 atom stereocenters. The van der Waals surface area contributed by atoms with E-state index in [9.17, 15) is 19.2 Å². The predicted octanol–water partition coefficient (Wildman–Crippen LogP) is 3.30. The second-order valence-corrected chi connectivity index (χ2v) is 7.15. The number of amides is 2. The Balaban J connectivity index is 1.54. The number of hydrogen-bond donors (Lipinski definition) is 0. The number of aryl methyl sites for hydroxylation is 1. The number of ether oxygens (including phenoxy) is 1. The van der Waals surface area contributed by atoms with Crippen LogP contribution in [0.25, 0.3) is 0 Å². The summed E-state index contributed by atoms with van der Waals surface area (Å²) in [4.78, 5) is 49.7. The van der Waals surface area contributed by atoms with Crippen LogP contribution in [-0.4, -0.2) is 42.1 Å². The molecule has 0 spiro atoms. The molecule has 0 bridgehead atoms. The predicted molar refractivity (Wildman–Crippen MR) is 107 cm³/mol. The number of hydrogen-bond acceptors (Lipinski definition) is 5. The lowest BCUT2D eigenvalue weighted by Crippen LogP contribution is -2.30. The van der Waals surface area contributed by atoms with E-state index in [1.165, 1.54) is 12.0 Å². The average molecular weight is 393 g/mol. The maximum Gasteiger partial charge on any atom is 0.306 e. The normalized spacial score (nSPS) is 13.9. The van der Waals surface area contributed by atoms with Crippen molar-refractivity contribution in [2.75, 3.05) is 13.7 Å². The van der Waals surface area contributed by atoms with Crippen molar-refractivity contribution in [1.29, 1.82) is 0 Å². The second-order valence-electron chi connectivity index (χ2n) is 7.15. The topological polar surface area (TPSA) is 80.8 Å². The van der Waals surface area contributed by atoms with Gasteiger partial charge in [-0.15, -0.1) is 0 Å². The number of imide groups is 1. The van der Waals surface area contributed by atoms with Crippen LogP contribution in [0.15, 0.2) is 48.5 Å².